The summed E-state index contributed by atoms with van der Waals surface area (Å²) < 4.78 is 5.53. The van der Waals surface area contributed by atoms with Gasteiger partial charge in [-0.25, -0.2) is 0 Å². The average Bonchev–Trinajstić information content (AvgIpc) is 3.23. The van der Waals surface area contributed by atoms with Crippen LogP contribution < -0.4 is 10.6 Å². The van der Waals surface area contributed by atoms with E-state index in [2.05, 4.69) is 26.6 Å². The van der Waals surface area contributed by atoms with Gasteiger partial charge in [-0.1, -0.05) is 36.7 Å². The first kappa shape index (κ1) is 21.9. The van der Waals surface area contributed by atoms with Crippen LogP contribution in [-0.2, 0) is 9.53 Å². The number of carbonyl (C=O) groups excluding carboxylic acids is 1. The number of guanidine groups is 1. The van der Waals surface area contributed by atoms with E-state index in [1.165, 1.54) is 0 Å². The first-order valence-electron chi connectivity index (χ1n) is 10.4. The van der Waals surface area contributed by atoms with Gasteiger partial charge >= 0.3 is 0 Å². The Hall–Kier alpha value is -1.83. The third-order valence-electron chi connectivity index (χ3n) is 5.62. The van der Waals surface area contributed by atoms with Gasteiger partial charge in [0.25, 0.3) is 0 Å². The molecule has 0 aromatic heterocycles. The molecule has 0 aliphatic carbocycles. The Morgan fingerprint density at radius 1 is 1.31 bits per heavy atom. The highest BCUT2D eigenvalue weighted by atomic mass is 35.5. The van der Waals surface area contributed by atoms with Crippen molar-refractivity contribution in [1.82, 2.24) is 20.4 Å². The maximum absolute atomic E-state index is 11.9. The van der Waals surface area contributed by atoms with Crippen molar-refractivity contribution in [2.75, 3.05) is 53.0 Å². The fraction of sp³-hybridized carbons (Fsp3) is 0.619. The molecule has 1 aromatic rings. The van der Waals surface area contributed by atoms with Gasteiger partial charge in [0, 0.05) is 57.3 Å². The van der Waals surface area contributed by atoms with E-state index < -0.39 is 0 Å². The van der Waals surface area contributed by atoms with Gasteiger partial charge in [0.1, 0.15) is 0 Å². The van der Waals surface area contributed by atoms with Gasteiger partial charge in [-0.2, -0.15) is 0 Å². The number of carbonyl (C=O) groups is 1. The fourth-order valence-corrected chi connectivity index (χ4v) is 4.24. The summed E-state index contributed by atoms with van der Waals surface area (Å²) in [4.78, 5) is 20.6. The molecule has 8 heteroatoms. The molecule has 0 spiro atoms. The summed E-state index contributed by atoms with van der Waals surface area (Å²) in [6, 6.07) is 8.37. The van der Waals surface area contributed by atoms with Gasteiger partial charge in [-0.3, -0.25) is 14.7 Å². The third kappa shape index (κ3) is 5.84. The molecule has 0 radical (unpaired) electrons. The number of aliphatic imine (C=N–C) groups is 1. The summed E-state index contributed by atoms with van der Waals surface area (Å²) in [6.07, 6.45) is 1.49. The van der Waals surface area contributed by atoms with Crippen LogP contribution in [0.15, 0.2) is 29.3 Å². The second-order valence-electron chi connectivity index (χ2n) is 7.46. The van der Waals surface area contributed by atoms with Crippen molar-refractivity contribution in [3.63, 3.8) is 0 Å². The van der Waals surface area contributed by atoms with Crippen LogP contribution in [0.3, 0.4) is 0 Å². The van der Waals surface area contributed by atoms with Gasteiger partial charge in [-0.05, 0) is 18.1 Å². The summed E-state index contributed by atoms with van der Waals surface area (Å²) in [7, 11) is 1.78. The van der Waals surface area contributed by atoms with E-state index in [-0.39, 0.29) is 18.0 Å². The minimum atomic E-state index is 0.132. The minimum Gasteiger partial charge on any atom is -0.379 e. The highest BCUT2D eigenvalue weighted by Gasteiger charge is 2.27. The highest BCUT2D eigenvalue weighted by Crippen LogP contribution is 2.27. The molecular weight excluding hydrogens is 390 g/mol. The average molecular weight is 422 g/mol. The molecule has 2 N–H and O–H groups in total. The Balaban J connectivity index is 1.62. The van der Waals surface area contributed by atoms with E-state index in [9.17, 15) is 4.79 Å². The Kier molecular flexibility index (Phi) is 8.15. The number of morpholine rings is 1. The molecule has 0 bridgehead atoms. The molecule has 7 nitrogen and oxygen atoms in total. The first-order chi connectivity index (χ1) is 14.1. The molecule has 160 valence electrons. The monoisotopic (exact) mass is 421 g/mol. The molecule has 29 heavy (non-hydrogen) atoms. The molecule has 3 rings (SSSR count). The molecule has 2 unspecified atom stereocenters. The molecule has 2 atom stereocenters. The van der Waals surface area contributed by atoms with Gasteiger partial charge in [0.2, 0.25) is 5.91 Å². The third-order valence-corrected chi connectivity index (χ3v) is 5.97. The molecule has 2 saturated heterocycles. The number of rotatable bonds is 6. The number of hydrogen-bond acceptors (Lipinski definition) is 4. The van der Waals surface area contributed by atoms with E-state index in [1.54, 1.807) is 7.05 Å². The van der Waals surface area contributed by atoms with Gasteiger partial charge in [0.15, 0.2) is 5.96 Å². The summed E-state index contributed by atoms with van der Waals surface area (Å²) >= 11 is 6.52. The number of ether oxygens (including phenoxy) is 1. The van der Waals surface area contributed by atoms with Crippen molar-refractivity contribution in [3.05, 3.63) is 34.9 Å². The topological polar surface area (TPSA) is 69.2 Å². The van der Waals surface area contributed by atoms with Gasteiger partial charge in [-0.15, -0.1) is 0 Å². The van der Waals surface area contributed by atoms with Crippen LogP contribution in [0.5, 0.6) is 0 Å². The smallest absolute Gasteiger partial charge is 0.222 e. The predicted molar refractivity (Wildman–Crippen MR) is 116 cm³/mol. The quantitative estimate of drug-likeness (QED) is 0.542. The molecule has 2 heterocycles. The second-order valence-corrected chi connectivity index (χ2v) is 7.87. The molecule has 2 aliphatic heterocycles. The fourth-order valence-electron chi connectivity index (χ4n) is 3.98. The molecule has 0 saturated carbocycles. The zero-order valence-electron chi connectivity index (χ0n) is 17.4. The van der Waals surface area contributed by atoms with Crippen LogP contribution in [0.1, 0.15) is 31.4 Å². The second kappa shape index (κ2) is 10.8. The van der Waals surface area contributed by atoms with E-state index in [4.69, 9.17) is 16.3 Å². The summed E-state index contributed by atoms with van der Waals surface area (Å²) in [6.45, 7) is 7.34. The maximum Gasteiger partial charge on any atom is 0.222 e. The summed E-state index contributed by atoms with van der Waals surface area (Å²) in [5.74, 6) is 0.967. The van der Waals surface area contributed by atoms with Gasteiger partial charge < -0.3 is 20.3 Å². The zero-order chi connectivity index (χ0) is 20.6. The van der Waals surface area contributed by atoms with E-state index in [0.717, 1.165) is 62.4 Å². The van der Waals surface area contributed by atoms with Crippen molar-refractivity contribution in [1.29, 1.82) is 0 Å². The van der Waals surface area contributed by atoms with E-state index in [0.29, 0.717) is 13.0 Å². The van der Waals surface area contributed by atoms with Crippen molar-refractivity contribution in [3.8, 4) is 0 Å². The molecule has 2 fully saturated rings. The van der Waals surface area contributed by atoms with E-state index in [1.807, 2.05) is 30.0 Å². The lowest BCUT2D eigenvalue weighted by Crippen LogP contribution is -2.49. The standard InChI is InChI=1S/C21H32ClN5O2/c1-3-20(28)27-9-8-16(15-27)25-21(23-2)24-14-19(26-10-12-29-13-11-26)17-6-4-5-7-18(17)22/h4-7,16,19H,3,8-15H2,1-2H3,(H2,23,24,25). The van der Waals surface area contributed by atoms with Crippen LogP contribution in [0.4, 0.5) is 0 Å². The molecule has 2 aliphatic rings. The van der Waals surface area contributed by atoms with Crippen LogP contribution in [-0.4, -0.2) is 80.7 Å². The Bertz CT molecular complexity index is 708. The van der Waals surface area contributed by atoms with Crippen molar-refractivity contribution in [2.45, 2.75) is 31.8 Å². The minimum absolute atomic E-state index is 0.132. The normalized spacial score (nSPS) is 21.8. The largest absolute Gasteiger partial charge is 0.379 e. The number of nitrogens with zero attached hydrogens (tertiary/aromatic N) is 3. The number of amides is 1. The van der Waals surface area contributed by atoms with Crippen LogP contribution >= 0.6 is 11.6 Å². The molecular formula is C21H32ClN5O2. The van der Waals surface area contributed by atoms with Crippen LogP contribution in [0.25, 0.3) is 0 Å². The lowest BCUT2D eigenvalue weighted by molar-refractivity contribution is -0.129. The van der Waals surface area contributed by atoms with Crippen LogP contribution in [0, 0.1) is 0 Å². The first-order valence-corrected chi connectivity index (χ1v) is 10.8. The van der Waals surface area contributed by atoms with E-state index >= 15 is 0 Å². The number of halogens is 1. The lowest BCUT2D eigenvalue weighted by Gasteiger charge is -2.35. The highest BCUT2D eigenvalue weighted by molar-refractivity contribution is 6.31. The molecule has 1 aromatic carbocycles. The summed E-state index contributed by atoms with van der Waals surface area (Å²) in [5.41, 5.74) is 1.11. The maximum atomic E-state index is 11.9. The zero-order valence-corrected chi connectivity index (χ0v) is 18.1. The number of likely N-dealkylation sites (tertiary alicyclic amines) is 1. The Morgan fingerprint density at radius 2 is 2.07 bits per heavy atom. The van der Waals surface area contributed by atoms with Crippen molar-refractivity contribution in [2.24, 2.45) is 4.99 Å². The number of nitrogens with one attached hydrogen (secondary N) is 2. The number of benzene rings is 1. The number of hydrogen-bond donors (Lipinski definition) is 2. The van der Waals surface area contributed by atoms with Crippen LogP contribution in [0.2, 0.25) is 5.02 Å². The Labute approximate surface area is 178 Å². The SMILES string of the molecule is CCC(=O)N1CCC(NC(=NC)NCC(c2ccccc2Cl)N2CCOCC2)C1. The van der Waals surface area contributed by atoms with Crippen molar-refractivity contribution >= 4 is 23.5 Å². The lowest BCUT2D eigenvalue weighted by atomic mass is 10.0. The summed E-state index contributed by atoms with van der Waals surface area (Å²) in [5, 5.41) is 7.72. The van der Waals surface area contributed by atoms with Crippen molar-refractivity contribution < 1.29 is 9.53 Å². The molecule has 1 amide bonds. The Morgan fingerprint density at radius 3 is 2.76 bits per heavy atom. The predicted octanol–water partition coefficient (Wildman–Crippen LogP) is 1.89. The van der Waals surface area contributed by atoms with Gasteiger partial charge in [0.05, 0.1) is 19.3 Å².